The number of fused-ring (bicyclic) bond motifs is 3. The third-order valence-corrected chi connectivity index (χ3v) is 8.00. The number of carbonyl (C=O) groups excluding carboxylic acids is 4. The molecule has 0 unspecified atom stereocenters. The van der Waals surface area contributed by atoms with Crippen molar-refractivity contribution in [3.63, 3.8) is 0 Å². The number of amides is 4. The quantitative estimate of drug-likeness (QED) is 0.268. The van der Waals surface area contributed by atoms with Crippen LogP contribution < -0.4 is 16.4 Å². The number of carbonyl (C=O) groups is 4. The van der Waals surface area contributed by atoms with Gasteiger partial charge in [0.15, 0.2) is 5.69 Å². The molecule has 4 heterocycles. The lowest BCUT2D eigenvalue weighted by Gasteiger charge is -2.34. The second-order valence-corrected chi connectivity index (χ2v) is 10.9. The van der Waals surface area contributed by atoms with Crippen LogP contribution in [0.5, 0.6) is 0 Å². The molecule has 208 valence electrons. The molecule has 4 amide bonds. The van der Waals surface area contributed by atoms with Gasteiger partial charge < -0.3 is 21.3 Å². The molecule has 1 aliphatic carbocycles. The highest BCUT2D eigenvalue weighted by molar-refractivity contribution is 9.10. The second-order valence-electron chi connectivity index (χ2n) is 10.1. The number of hydrogen-bond donors (Lipinski definition) is 3. The maximum Gasteiger partial charge on any atom is 0.269 e. The van der Waals surface area contributed by atoms with Gasteiger partial charge in [0.2, 0.25) is 11.8 Å². The average Bonchev–Trinajstić information content (AvgIpc) is 3.67. The van der Waals surface area contributed by atoms with Gasteiger partial charge in [0.1, 0.15) is 23.0 Å². The zero-order chi connectivity index (χ0) is 28.7. The molecule has 2 fully saturated rings. The number of halogens is 1. The number of benzene rings is 1. The van der Waals surface area contributed by atoms with Crippen LogP contribution in [0.2, 0.25) is 0 Å². The predicted molar refractivity (Wildman–Crippen MR) is 153 cm³/mol. The summed E-state index contributed by atoms with van der Waals surface area (Å²) in [5.41, 5.74) is 6.89. The standard InChI is InChI=1S/C28H25BrN8O4/c29-21-4-1-5-22(33-21)34-28(41)25-15-6-8-18(11-15)37(25)23(38)14-36-20-9-7-17(12-19(20)24(35-36)26(30)39)32-27(40)16-3-2-10-31-13-16/h1-5,7,9-10,12-13,15,18,25H,6,8,11,14H2,(H2,30,39)(H,32,40)(H,33,34,41)/t15-,18+,25-/m0/s1. The largest absolute Gasteiger partial charge is 0.364 e. The Morgan fingerprint density at radius 3 is 2.66 bits per heavy atom. The molecule has 0 spiro atoms. The minimum absolute atomic E-state index is 0.0248. The first-order valence-corrected chi connectivity index (χ1v) is 13.8. The van der Waals surface area contributed by atoms with Crippen LogP contribution in [-0.2, 0) is 16.1 Å². The average molecular weight is 617 g/mol. The van der Waals surface area contributed by atoms with Crippen molar-refractivity contribution in [2.45, 2.75) is 37.9 Å². The minimum Gasteiger partial charge on any atom is -0.364 e. The molecule has 2 bridgehead atoms. The lowest BCUT2D eigenvalue weighted by atomic mass is 9.97. The van der Waals surface area contributed by atoms with E-state index in [9.17, 15) is 19.2 Å². The van der Waals surface area contributed by atoms with Gasteiger partial charge in [-0.15, -0.1) is 0 Å². The molecular weight excluding hydrogens is 592 g/mol. The fourth-order valence-electron chi connectivity index (χ4n) is 5.83. The van der Waals surface area contributed by atoms with E-state index in [1.807, 2.05) is 0 Å². The molecule has 3 aromatic heterocycles. The lowest BCUT2D eigenvalue weighted by molar-refractivity contribution is -0.141. The Kier molecular flexibility index (Phi) is 6.95. The molecule has 6 rings (SSSR count). The predicted octanol–water partition coefficient (Wildman–Crippen LogP) is 2.96. The Balaban J connectivity index is 1.25. The Hall–Kier alpha value is -4.65. The van der Waals surface area contributed by atoms with E-state index in [2.05, 4.69) is 41.6 Å². The number of primary amides is 1. The van der Waals surface area contributed by atoms with Crippen molar-refractivity contribution >= 4 is 62.0 Å². The number of pyridine rings is 2. The van der Waals surface area contributed by atoms with Gasteiger partial charge in [-0.3, -0.25) is 28.8 Å². The number of likely N-dealkylation sites (tertiary alicyclic amines) is 1. The highest BCUT2D eigenvalue weighted by Gasteiger charge is 2.51. The molecule has 12 nitrogen and oxygen atoms in total. The summed E-state index contributed by atoms with van der Waals surface area (Å²) in [5.74, 6) is -1.25. The molecule has 1 saturated heterocycles. The summed E-state index contributed by atoms with van der Waals surface area (Å²) in [5, 5.41) is 10.4. The van der Waals surface area contributed by atoms with Gasteiger partial charge in [-0.05, 0) is 83.6 Å². The zero-order valence-electron chi connectivity index (χ0n) is 21.7. The Morgan fingerprint density at radius 1 is 1.05 bits per heavy atom. The van der Waals surface area contributed by atoms with Crippen LogP contribution in [-0.4, -0.2) is 60.4 Å². The van der Waals surface area contributed by atoms with Crippen LogP contribution in [0.1, 0.15) is 40.1 Å². The maximum atomic E-state index is 13.7. The highest BCUT2D eigenvalue weighted by Crippen LogP contribution is 2.43. The van der Waals surface area contributed by atoms with Crippen molar-refractivity contribution in [2.24, 2.45) is 11.7 Å². The van der Waals surface area contributed by atoms with Gasteiger partial charge in [-0.2, -0.15) is 5.10 Å². The first-order chi connectivity index (χ1) is 19.8. The number of piperidine rings is 1. The van der Waals surface area contributed by atoms with E-state index in [1.54, 1.807) is 59.6 Å². The number of anilines is 2. The van der Waals surface area contributed by atoms with Crippen LogP contribution in [0.3, 0.4) is 0 Å². The molecule has 1 saturated carbocycles. The van der Waals surface area contributed by atoms with Crippen LogP contribution in [0.4, 0.5) is 11.5 Å². The third kappa shape index (κ3) is 5.15. The molecule has 1 aliphatic heterocycles. The van der Waals surface area contributed by atoms with Crippen molar-refractivity contribution in [1.29, 1.82) is 0 Å². The summed E-state index contributed by atoms with van der Waals surface area (Å²) in [4.78, 5) is 61.8. The summed E-state index contributed by atoms with van der Waals surface area (Å²) in [6.07, 6.45) is 5.45. The van der Waals surface area contributed by atoms with E-state index >= 15 is 0 Å². The Bertz CT molecular complexity index is 1690. The van der Waals surface area contributed by atoms with E-state index in [-0.39, 0.29) is 41.9 Å². The number of hydrogen-bond acceptors (Lipinski definition) is 7. The summed E-state index contributed by atoms with van der Waals surface area (Å²) < 4.78 is 2.01. The van der Waals surface area contributed by atoms with E-state index in [0.717, 1.165) is 19.3 Å². The molecular formula is C28H25BrN8O4. The van der Waals surface area contributed by atoms with Gasteiger partial charge in [0, 0.05) is 29.5 Å². The van der Waals surface area contributed by atoms with Crippen molar-refractivity contribution in [3.05, 3.63) is 76.8 Å². The van der Waals surface area contributed by atoms with Crippen molar-refractivity contribution in [3.8, 4) is 0 Å². The van der Waals surface area contributed by atoms with Gasteiger partial charge in [-0.25, -0.2) is 4.98 Å². The summed E-state index contributed by atoms with van der Waals surface area (Å²) >= 11 is 3.31. The van der Waals surface area contributed by atoms with Crippen LogP contribution >= 0.6 is 15.9 Å². The summed E-state index contributed by atoms with van der Waals surface area (Å²) in [6, 6.07) is 12.7. The van der Waals surface area contributed by atoms with Crippen molar-refractivity contribution in [2.75, 3.05) is 10.6 Å². The van der Waals surface area contributed by atoms with Gasteiger partial charge >= 0.3 is 0 Å². The highest BCUT2D eigenvalue weighted by atomic mass is 79.9. The third-order valence-electron chi connectivity index (χ3n) is 7.56. The molecule has 2 aliphatic rings. The SMILES string of the molecule is NC(=O)c1nn(CC(=O)N2[C@@H]3CC[C@@H](C3)[C@H]2C(=O)Nc2cccc(Br)n2)c2ccc(NC(=O)c3cccnc3)cc12. The normalized spacial score (nSPS) is 19.3. The van der Waals surface area contributed by atoms with Crippen LogP contribution in [0.25, 0.3) is 10.9 Å². The molecule has 41 heavy (non-hydrogen) atoms. The van der Waals surface area contributed by atoms with Crippen molar-refractivity contribution < 1.29 is 19.2 Å². The first-order valence-electron chi connectivity index (χ1n) is 13.0. The molecule has 13 heteroatoms. The van der Waals surface area contributed by atoms with Gasteiger partial charge in [0.25, 0.3) is 11.8 Å². The monoisotopic (exact) mass is 616 g/mol. The van der Waals surface area contributed by atoms with Gasteiger partial charge in [-0.1, -0.05) is 6.07 Å². The van der Waals surface area contributed by atoms with E-state index in [1.165, 1.54) is 10.9 Å². The number of rotatable bonds is 7. The smallest absolute Gasteiger partial charge is 0.269 e. The molecule has 4 N–H and O–H groups in total. The number of nitrogens with one attached hydrogen (secondary N) is 2. The number of aromatic nitrogens is 4. The topological polar surface area (TPSA) is 165 Å². The van der Waals surface area contributed by atoms with Crippen molar-refractivity contribution in [1.82, 2.24) is 24.6 Å². The summed E-state index contributed by atoms with van der Waals surface area (Å²) in [7, 11) is 0. The Morgan fingerprint density at radius 2 is 1.90 bits per heavy atom. The fraction of sp³-hybridized carbons (Fsp3) is 0.250. The minimum atomic E-state index is -0.768. The van der Waals surface area contributed by atoms with E-state index in [0.29, 0.717) is 32.6 Å². The number of nitrogens with zero attached hydrogens (tertiary/aromatic N) is 5. The van der Waals surface area contributed by atoms with E-state index < -0.39 is 11.9 Å². The lowest BCUT2D eigenvalue weighted by Crippen LogP contribution is -2.52. The van der Waals surface area contributed by atoms with Crippen LogP contribution in [0.15, 0.2) is 65.5 Å². The van der Waals surface area contributed by atoms with Crippen LogP contribution in [0, 0.1) is 5.92 Å². The number of nitrogens with two attached hydrogens (primary N) is 1. The summed E-state index contributed by atoms with van der Waals surface area (Å²) in [6.45, 7) is -0.187. The zero-order valence-corrected chi connectivity index (χ0v) is 23.2. The Labute approximate surface area is 242 Å². The molecule has 1 aromatic carbocycles. The molecule has 4 aromatic rings. The fourth-order valence-corrected chi connectivity index (χ4v) is 6.18. The second kappa shape index (κ2) is 10.7. The maximum absolute atomic E-state index is 13.7. The van der Waals surface area contributed by atoms with E-state index in [4.69, 9.17) is 5.73 Å². The molecule has 0 radical (unpaired) electrons. The molecule has 3 atom stereocenters. The first kappa shape index (κ1) is 26.6. The van der Waals surface area contributed by atoms with Gasteiger partial charge in [0.05, 0.1) is 11.1 Å².